The number of likely N-dealkylation sites (tertiary alicyclic amines) is 1. The molecule has 0 radical (unpaired) electrons. The van der Waals surface area contributed by atoms with Crippen molar-refractivity contribution in [3.63, 3.8) is 0 Å². The molecule has 1 amide bonds. The SMILES string of the molecule is CN1C[C@H](c2cccc([N+](=O)[O-])c2)[C@H](C(=O)c2ccc(F)cc2)[C@]12C(=O)Nc1ccc(Cl)cc12. The summed E-state index contributed by atoms with van der Waals surface area (Å²) in [6.07, 6.45) is 0. The molecule has 0 unspecified atom stereocenters. The third-order valence-corrected chi connectivity index (χ3v) is 7.07. The zero-order chi connectivity index (χ0) is 24.2. The number of non-ortho nitro benzene ring substituents is 1. The van der Waals surface area contributed by atoms with Crippen LogP contribution in [0.5, 0.6) is 0 Å². The number of rotatable bonds is 4. The highest BCUT2D eigenvalue weighted by atomic mass is 35.5. The van der Waals surface area contributed by atoms with Crippen LogP contribution in [-0.4, -0.2) is 35.1 Å². The number of amides is 1. The summed E-state index contributed by atoms with van der Waals surface area (Å²) in [7, 11) is 1.75. The molecule has 0 bridgehead atoms. The predicted molar refractivity (Wildman–Crippen MR) is 124 cm³/mol. The maximum atomic E-state index is 14.0. The van der Waals surface area contributed by atoms with Gasteiger partial charge < -0.3 is 5.32 Å². The lowest BCUT2D eigenvalue weighted by Crippen LogP contribution is -2.51. The van der Waals surface area contributed by atoms with Gasteiger partial charge in [0.25, 0.3) is 5.69 Å². The Labute approximate surface area is 199 Å². The van der Waals surface area contributed by atoms with Crippen LogP contribution in [0.1, 0.15) is 27.4 Å². The second-order valence-electron chi connectivity index (χ2n) is 8.60. The molecule has 0 aliphatic carbocycles. The van der Waals surface area contributed by atoms with Gasteiger partial charge in [0.2, 0.25) is 5.91 Å². The molecule has 2 aliphatic heterocycles. The maximum absolute atomic E-state index is 14.0. The predicted octanol–water partition coefficient (Wildman–Crippen LogP) is 4.76. The molecule has 5 rings (SSSR count). The number of fused-ring (bicyclic) bond motifs is 2. The van der Waals surface area contributed by atoms with Crippen LogP contribution in [0.2, 0.25) is 5.02 Å². The summed E-state index contributed by atoms with van der Waals surface area (Å²) >= 11 is 6.29. The number of nitro groups is 1. The van der Waals surface area contributed by atoms with E-state index in [1.807, 2.05) is 0 Å². The molecule has 0 aromatic heterocycles. The molecular weight excluding hydrogens is 461 g/mol. The van der Waals surface area contributed by atoms with Gasteiger partial charge in [-0.25, -0.2) is 4.39 Å². The van der Waals surface area contributed by atoms with Gasteiger partial charge in [-0.1, -0.05) is 23.7 Å². The number of likely N-dealkylation sites (N-methyl/N-ethyl adjacent to an activating group) is 1. The Morgan fingerprint density at radius 3 is 2.62 bits per heavy atom. The molecule has 1 fully saturated rings. The van der Waals surface area contributed by atoms with E-state index >= 15 is 0 Å². The number of nitrogens with zero attached hydrogens (tertiary/aromatic N) is 2. The van der Waals surface area contributed by atoms with E-state index in [1.54, 1.807) is 42.3 Å². The molecule has 1 saturated heterocycles. The van der Waals surface area contributed by atoms with E-state index in [0.29, 0.717) is 21.8 Å². The van der Waals surface area contributed by atoms with E-state index in [-0.39, 0.29) is 29.5 Å². The standard InChI is InChI=1S/C25H19ClFN3O4/c1-29-13-19(15-3-2-4-18(11-15)30(33)34)22(23(31)14-5-8-17(27)9-6-14)25(29)20-12-16(26)7-10-21(20)28-24(25)32/h2-12,19,22H,13H2,1H3,(H,28,32)/t19-,22-,25-/m1/s1. The minimum absolute atomic E-state index is 0.103. The molecule has 0 saturated carbocycles. The summed E-state index contributed by atoms with van der Waals surface area (Å²) in [6.45, 7) is 0.290. The van der Waals surface area contributed by atoms with E-state index in [4.69, 9.17) is 11.6 Å². The Bertz CT molecular complexity index is 1350. The highest BCUT2D eigenvalue weighted by Gasteiger charge is 2.64. The topological polar surface area (TPSA) is 92.5 Å². The summed E-state index contributed by atoms with van der Waals surface area (Å²) in [6, 6.07) is 16.3. The van der Waals surface area contributed by atoms with E-state index < -0.39 is 28.1 Å². The first-order chi connectivity index (χ1) is 16.2. The van der Waals surface area contributed by atoms with E-state index in [9.17, 15) is 24.1 Å². The number of carbonyl (C=O) groups is 2. The quantitative estimate of drug-likeness (QED) is 0.331. The highest BCUT2D eigenvalue weighted by Crippen LogP contribution is 2.56. The van der Waals surface area contributed by atoms with Crippen LogP contribution in [0.3, 0.4) is 0 Å². The van der Waals surface area contributed by atoms with Gasteiger partial charge in [-0.2, -0.15) is 0 Å². The van der Waals surface area contributed by atoms with Crippen LogP contribution in [-0.2, 0) is 10.3 Å². The first-order valence-electron chi connectivity index (χ1n) is 10.6. The van der Waals surface area contributed by atoms with Gasteiger partial charge in [-0.15, -0.1) is 0 Å². The maximum Gasteiger partial charge on any atom is 0.269 e. The number of benzene rings is 3. The van der Waals surface area contributed by atoms with E-state index in [1.165, 1.54) is 36.4 Å². The van der Waals surface area contributed by atoms with Gasteiger partial charge in [0.15, 0.2) is 5.78 Å². The normalized spacial score (nSPS) is 23.7. The molecule has 172 valence electrons. The van der Waals surface area contributed by atoms with Crippen molar-refractivity contribution < 1.29 is 18.9 Å². The lowest BCUT2D eigenvalue weighted by Gasteiger charge is -2.35. The Balaban J connectivity index is 1.74. The number of ketones is 1. The minimum atomic E-state index is -1.39. The third kappa shape index (κ3) is 3.21. The van der Waals surface area contributed by atoms with Crippen molar-refractivity contribution in [3.05, 3.63) is 104 Å². The second kappa shape index (κ2) is 8.00. The number of halogens is 2. The van der Waals surface area contributed by atoms with Gasteiger partial charge in [-0.3, -0.25) is 24.6 Å². The highest BCUT2D eigenvalue weighted by molar-refractivity contribution is 6.31. The monoisotopic (exact) mass is 479 g/mol. The fraction of sp³-hybridized carbons (Fsp3) is 0.200. The molecule has 1 N–H and O–H groups in total. The van der Waals surface area contributed by atoms with Gasteiger partial charge in [0, 0.05) is 46.4 Å². The van der Waals surface area contributed by atoms with E-state index in [0.717, 1.165) is 0 Å². The summed E-state index contributed by atoms with van der Waals surface area (Å²) in [5.41, 5.74) is 0.453. The molecule has 3 aromatic rings. The van der Waals surface area contributed by atoms with Crippen molar-refractivity contribution in [2.45, 2.75) is 11.5 Å². The summed E-state index contributed by atoms with van der Waals surface area (Å²) in [5, 5.41) is 14.7. The minimum Gasteiger partial charge on any atom is -0.324 e. The Morgan fingerprint density at radius 1 is 1.18 bits per heavy atom. The molecule has 3 aromatic carbocycles. The first kappa shape index (κ1) is 22.2. The summed E-state index contributed by atoms with van der Waals surface area (Å²) in [5.74, 6) is -2.70. The van der Waals surface area contributed by atoms with Crippen LogP contribution in [0, 0.1) is 21.8 Å². The smallest absolute Gasteiger partial charge is 0.269 e. The average Bonchev–Trinajstić information content (AvgIpc) is 3.29. The summed E-state index contributed by atoms with van der Waals surface area (Å²) < 4.78 is 13.6. The van der Waals surface area contributed by atoms with Gasteiger partial charge in [0.1, 0.15) is 11.4 Å². The van der Waals surface area contributed by atoms with Crippen molar-refractivity contribution in [2.75, 3.05) is 18.9 Å². The fourth-order valence-electron chi connectivity index (χ4n) is 5.37. The van der Waals surface area contributed by atoms with Crippen LogP contribution in [0.25, 0.3) is 0 Å². The lowest BCUT2D eigenvalue weighted by molar-refractivity contribution is -0.384. The van der Waals surface area contributed by atoms with Crippen LogP contribution < -0.4 is 5.32 Å². The van der Waals surface area contributed by atoms with Crippen LogP contribution in [0.15, 0.2) is 66.7 Å². The van der Waals surface area contributed by atoms with E-state index in [2.05, 4.69) is 5.32 Å². The Kier molecular flexibility index (Phi) is 5.22. The average molecular weight is 480 g/mol. The number of hydrogen-bond donors (Lipinski definition) is 1. The molecule has 3 atom stereocenters. The van der Waals surface area contributed by atoms with Crippen molar-refractivity contribution in [1.29, 1.82) is 0 Å². The fourth-order valence-corrected chi connectivity index (χ4v) is 5.55. The third-order valence-electron chi connectivity index (χ3n) is 6.83. The number of carbonyl (C=O) groups excluding carboxylic acids is 2. The first-order valence-corrected chi connectivity index (χ1v) is 11.0. The van der Waals surface area contributed by atoms with Crippen molar-refractivity contribution >= 4 is 34.7 Å². The number of hydrogen-bond acceptors (Lipinski definition) is 5. The van der Waals surface area contributed by atoms with Gasteiger partial charge >= 0.3 is 0 Å². The van der Waals surface area contributed by atoms with Crippen molar-refractivity contribution in [2.24, 2.45) is 5.92 Å². The van der Waals surface area contributed by atoms with Crippen LogP contribution >= 0.6 is 11.6 Å². The molecular formula is C25H19ClFN3O4. The Morgan fingerprint density at radius 2 is 1.91 bits per heavy atom. The Hall–Kier alpha value is -3.62. The number of anilines is 1. The second-order valence-corrected chi connectivity index (χ2v) is 9.03. The largest absolute Gasteiger partial charge is 0.324 e. The molecule has 9 heteroatoms. The molecule has 2 heterocycles. The van der Waals surface area contributed by atoms with Crippen molar-refractivity contribution in [3.8, 4) is 0 Å². The van der Waals surface area contributed by atoms with Crippen molar-refractivity contribution in [1.82, 2.24) is 4.90 Å². The number of nitro benzene ring substituents is 1. The zero-order valence-electron chi connectivity index (χ0n) is 18.0. The van der Waals surface area contributed by atoms with Gasteiger partial charge in [-0.05, 0) is 55.1 Å². The lowest BCUT2D eigenvalue weighted by atomic mass is 9.70. The van der Waals surface area contributed by atoms with Gasteiger partial charge in [0.05, 0.1) is 10.8 Å². The molecule has 34 heavy (non-hydrogen) atoms. The summed E-state index contributed by atoms with van der Waals surface area (Å²) in [4.78, 5) is 40.4. The number of Topliss-reactive ketones (excluding diaryl/α,β-unsaturated/α-hetero) is 1. The number of nitrogens with one attached hydrogen (secondary N) is 1. The van der Waals surface area contributed by atoms with Crippen LogP contribution in [0.4, 0.5) is 15.8 Å². The molecule has 2 aliphatic rings. The zero-order valence-corrected chi connectivity index (χ0v) is 18.8. The molecule has 1 spiro atoms. The molecule has 7 nitrogen and oxygen atoms in total.